The Morgan fingerprint density at radius 1 is 1.12 bits per heavy atom. The van der Waals surface area contributed by atoms with Crippen molar-refractivity contribution < 1.29 is 13.5 Å². The second-order valence-corrected chi connectivity index (χ2v) is 15.3. The summed E-state index contributed by atoms with van der Waals surface area (Å²) in [5, 5.41) is 11.1. The number of hydrogen-bond acceptors (Lipinski definition) is 8. The van der Waals surface area contributed by atoms with Crippen LogP contribution >= 0.6 is 11.3 Å². The number of sulfonamides is 1. The average molecular weight is 598 g/mol. The van der Waals surface area contributed by atoms with Gasteiger partial charge in [0.25, 0.3) is 0 Å². The van der Waals surface area contributed by atoms with Gasteiger partial charge in [-0.05, 0) is 87.1 Å². The van der Waals surface area contributed by atoms with Crippen LogP contribution in [0.25, 0.3) is 15.8 Å². The largest absolute Gasteiger partial charge is 0.390 e. The van der Waals surface area contributed by atoms with Gasteiger partial charge in [-0.15, -0.1) is 11.3 Å². The fraction of sp³-hybridized carbons (Fsp3) is 0.581. The molecule has 222 valence electrons. The predicted octanol–water partition coefficient (Wildman–Crippen LogP) is 5.47. The lowest BCUT2D eigenvalue weighted by molar-refractivity contribution is 0.0704. The minimum absolute atomic E-state index is 0.0781. The summed E-state index contributed by atoms with van der Waals surface area (Å²) in [6.07, 6.45) is 13.0. The van der Waals surface area contributed by atoms with Crippen molar-refractivity contribution in [1.82, 2.24) is 19.3 Å². The van der Waals surface area contributed by atoms with Gasteiger partial charge in [-0.25, -0.2) is 23.4 Å². The third kappa shape index (κ3) is 7.91. The van der Waals surface area contributed by atoms with Gasteiger partial charge in [-0.3, -0.25) is 0 Å². The summed E-state index contributed by atoms with van der Waals surface area (Å²) in [6, 6.07) is 6.45. The molecule has 0 aliphatic carbocycles. The fourth-order valence-electron chi connectivity index (χ4n) is 5.75. The maximum absolute atomic E-state index is 12.8. The number of aliphatic hydroxyl groups is 1. The van der Waals surface area contributed by atoms with Crippen LogP contribution in [0.4, 0.5) is 5.95 Å². The van der Waals surface area contributed by atoms with E-state index in [2.05, 4.69) is 46.1 Å². The van der Waals surface area contributed by atoms with Gasteiger partial charge in [-0.2, -0.15) is 4.31 Å². The number of aryl methyl sites for hydroxylation is 1. The average Bonchev–Trinajstić information content (AvgIpc) is 3.35. The summed E-state index contributed by atoms with van der Waals surface area (Å²) in [5.41, 5.74) is 3.76. The van der Waals surface area contributed by atoms with Crippen molar-refractivity contribution in [3.63, 3.8) is 0 Å². The first-order valence-corrected chi connectivity index (χ1v) is 17.4. The first-order chi connectivity index (χ1) is 19.6. The molecule has 4 heterocycles. The maximum atomic E-state index is 12.8. The van der Waals surface area contributed by atoms with Gasteiger partial charge in [-0.1, -0.05) is 25.5 Å². The van der Waals surface area contributed by atoms with E-state index in [1.54, 1.807) is 29.5 Å². The molecule has 3 aromatic rings. The second kappa shape index (κ2) is 12.9. The van der Waals surface area contributed by atoms with Crippen LogP contribution in [0.5, 0.6) is 0 Å². The summed E-state index contributed by atoms with van der Waals surface area (Å²) in [6.45, 7) is 8.46. The number of piperidine rings is 1. The minimum Gasteiger partial charge on any atom is -0.390 e. The Kier molecular flexibility index (Phi) is 9.43. The molecule has 1 aromatic carbocycles. The van der Waals surface area contributed by atoms with Crippen molar-refractivity contribution in [3.05, 3.63) is 52.8 Å². The molecule has 2 aliphatic heterocycles. The molecule has 2 aliphatic rings. The van der Waals surface area contributed by atoms with Crippen molar-refractivity contribution in [3.8, 4) is 0 Å². The Balaban J connectivity index is 1.15. The molecule has 2 aromatic heterocycles. The van der Waals surface area contributed by atoms with Gasteiger partial charge >= 0.3 is 0 Å². The van der Waals surface area contributed by atoms with Crippen LogP contribution in [0.2, 0.25) is 0 Å². The number of fused-ring (bicyclic) bond motifs is 1. The Labute approximate surface area is 248 Å². The van der Waals surface area contributed by atoms with Crippen LogP contribution in [0.15, 0.2) is 36.7 Å². The highest BCUT2D eigenvalue weighted by Gasteiger charge is 2.26. The van der Waals surface area contributed by atoms with Crippen LogP contribution in [0.3, 0.4) is 0 Å². The van der Waals surface area contributed by atoms with E-state index < -0.39 is 15.6 Å². The Hall–Kier alpha value is -2.40. The van der Waals surface area contributed by atoms with Gasteiger partial charge < -0.3 is 10.0 Å². The van der Waals surface area contributed by atoms with Gasteiger partial charge in [0.05, 0.1) is 26.6 Å². The lowest BCUT2D eigenvalue weighted by atomic mass is 9.94. The Morgan fingerprint density at radius 3 is 2.54 bits per heavy atom. The van der Waals surface area contributed by atoms with Crippen LogP contribution < -0.4 is 4.90 Å². The Bertz CT molecular complexity index is 1450. The minimum atomic E-state index is -3.32. The molecule has 0 bridgehead atoms. The van der Waals surface area contributed by atoms with Crippen LogP contribution in [0.1, 0.15) is 75.4 Å². The summed E-state index contributed by atoms with van der Waals surface area (Å²) in [7, 11) is -3.32. The molecule has 0 atom stereocenters. The molecule has 1 fully saturated rings. The van der Waals surface area contributed by atoms with Crippen LogP contribution in [-0.4, -0.2) is 70.3 Å². The number of nitrogens with zero attached hydrogens (tertiary/aromatic N) is 5. The van der Waals surface area contributed by atoms with Crippen LogP contribution in [0, 0.1) is 5.92 Å². The third-order valence-corrected chi connectivity index (χ3v) is 11.1. The summed E-state index contributed by atoms with van der Waals surface area (Å²) in [4.78, 5) is 16.4. The molecule has 10 heteroatoms. The Morgan fingerprint density at radius 2 is 1.88 bits per heavy atom. The molecule has 0 spiro atoms. The fourth-order valence-corrected chi connectivity index (χ4v) is 8.31. The van der Waals surface area contributed by atoms with E-state index in [-0.39, 0.29) is 5.75 Å². The van der Waals surface area contributed by atoms with Crippen molar-refractivity contribution >= 4 is 43.1 Å². The molecule has 0 amide bonds. The first kappa shape index (κ1) is 30.1. The molecular weight excluding hydrogens is 555 g/mol. The van der Waals surface area contributed by atoms with Crippen molar-refractivity contribution in [2.75, 3.05) is 36.8 Å². The summed E-state index contributed by atoms with van der Waals surface area (Å²) >= 11 is 1.78. The summed E-state index contributed by atoms with van der Waals surface area (Å²) < 4.78 is 28.3. The van der Waals surface area contributed by atoms with E-state index in [1.165, 1.54) is 20.8 Å². The zero-order valence-corrected chi connectivity index (χ0v) is 26.2. The SMILES string of the molecule is CCCc1cnc(N2CCC(Cc3nc4ccc(C5=CCN(S(=O)(=O)CCCC(C)(C)O)CC5)cc4s3)CC2)nc1. The van der Waals surface area contributed by atoms with E-state index in [0.717, 1.165) is 62.2 Å². The molecule has 1 saturated heterocycles. The number of anilines is 1. The second-order valence-electron chi connectivity index (χ2n) is 12.1. The predicted molar refractivity (Wildman–Crippen MR) is 168 cm³/mol. The topological polar surface area (TPSA) is 99.5 Å². The highest BCUT2D eigenvalue weighted by Crippen LogP contribution is 2.32. The van der Waals surface area contributed by atoms with E-state index in [9.17, 15) is 13.5 Å². The van der Waals surface area contributed by atoms with Gasteiger partial charge in [0.1, 0.15) is 0 Å². The molecule has 41 heavy (non-hydrogen) atoms. The number of benzene rings is 1. The number of thiazole rings is 1. The molecule has 0 unspecified atom stereocenters. The number of hydrogen-bond donors (Lipinski definition) is 1. The zero-order chi connectivity index (χ0) is 29.0. The highest BCUT2D eigenvalue weighted by atomic mass is 32.2. The standard InChI is InChI=1S/C31H43N5O3S2/c1-4-6-24-21-32-30(33-22-24)35-14-9-23(10-15-35)19-29-34-27-8-7-26(20-28(27)40-29)25-11-16-36(17-12-25)41(38,39)18-5-13-31(2,3)37/h7-8,11,20-23,37H,4-6,9-10,12-19H2,1-3H3. The summed E-state index contributed by atoms with van der Waals surface area (Å²) in [5.74, 6) is 1.54. The lowest BCUT2D eigenvalue weighted by Crippen LogP contribution is -2.36. The monoisotopic (exact) mass is 597 g/mol. The third-order valence-electron chi connectivity index (χ3n) is 8.15. The van der Waals surface area contributed by atoms with Gasteiger partial charge in [0.2, 0.25) is 16.0 Å². The van der Waals surface area contributed by atoms with Crippen molar-refractivity contribution in [2.45, 2.75) is 77.7 Å². The molecule has 0 radical (unpaired) electrons. The quantitative estimate of drug-likeness (QED) is 0.313. The van der Waals surface area contributed by atoms with Crippen molar-refractivity contribution in [1.29, 1.82) is 0 Å². The molecule has 0 saturated carbocycles. The molecule has 8 nitrogen and oxygen atoms in total. The maximum Gasteiger partial charge on any atom is 0.225 e. The van der Waals surface area contributed by atoms with E-state index >= 15 is 0 Å². The lowest BCUT2D eigenvalue weighted by Gasteiger charge is -2.31. The number of aromatic nitrogens is 3. The van der Waals surface area contributed by atoms with E-state index in [0.29, 0.717) is 38.3 Å². The van der Waals surface area contributed by atoms with Gasteiger partial charge in [0, 0.05) is 45.0 Å². The normalized spacial score (nSPS) is 17.8. The van der Waals surface area contributed by atoms with Crippen LogP contribution in [-0.2, 0) is 22.9 Å². The van der Waals surface area contributed by atoms with E-state index in [4.69, 9.17) is 4.98 Å². The smallest absolute Gasteiger partial charge is 0.225 e. The zero-order valence-electron chi connectivity index (χ0n) is 24.6. The van der Waals surface area contributed by atoms with Gasteiger partial charge in [0.15, 0.2) is 0 Å². The molecule has 5 rings (SSSR count). The first-order valence-electron chi connectivity index (χ1n) is 14.9. The molecule has 1 N–H and O–H groups in total. The number of rotatable bonds is 11. The van der Waals surface area contributed by atoms with Crippen molar-refractivity contribution in [2.24, 2.45) is 5.92 Å². The van der Waals surface area contributed by atoms with E-state index in [1.807, 2.05) is 12.4 Å². The highest BCUT2D eigenvalue weighted by molar-refractivity contribution is 7.89. The molecular formula is C31H43N5O3S2.